The molecule has 2 rings (SSSR count). The molecule has 1 aliphatic carbocycles. The molecule has 1 fully saturated rings. The molecule has 2 amide bonds. The number of carbonyl (C=O) groups is 1. The molecule has 1 aliphatic rings. The SMILES string of the molecule is CC(N)c1ccc(NC(=O)NCC2CCCC2)cc1. The normalized spacial score (nSPS) is 17.2. The average molecular weight is 261 g/mol. The lowest BCUT2D eigenvalue weighted by Gasteiger charge is -2.12. The first kappa shape index (κ1) is 13.9. The monoisotopic (exact) mass is 261 g/mol. The highest BCUT2D eigenvalue weighted by molar-refractivity contribution is 5.89. The Balaban J connectivity index is 1.77. The van der Waals surface area contributed by atoms with Gasteiger partial charge in [0.25, 0.3) is 0 Å². The van der Waals surface area contributed by atoms with Crippen LogP contribution in [0.15, 0.2) is 24.3 Å². The number of nitrogens with two attached hydrogens (primary N) is 1. The number of carbonyl (C=O) groups excluding carboxylic acids is 1. The molecule has 4 heteroatoms. The summed E-state index contributed by atoms with van der Waals surface area (Å²) in [7, 11) is 0. The molecule has 0 spiro atoms. The highest BCUT2D eigenvalue weighted by Gasteiger charge is 2.15. The minimum absolute atomic E-state index is 0.0187. The van der Waals surface area contributed by atoms with Gasteiger partial charge in [-0.05, 0) is 43.4 Å². The van der Waals surface area contributed by atoms with E-state index in [1.807, 2.05) is 31.2 Å². The maximum absolute atomic E-state index is 11.7. The molecule has 0 radical (unpaired) electrons. The van der Waals surface area contributed by atoms with Gasteiger partial charge in [0.2, 0.25) is 0 Å². The fourth-order valence-electron chi connectivity index (χ4n) is 2.50. The van der Waals surface area contributed by atoms with Crippen molar-refractivity contribution in [3.8, 4) is 0 Å². The van der Waals surface area contributed by atoms with Crippen molar-refractivity contribution in [1.29, 1.82) is 0 Å². The zero-order chi connectivity index (χ0) is 13.7. The fourth-order valence-corrected chi connectivity index (χ4v) is 2.50. The van der Waals surface area contributed by atoms with Crippen LogP contribution in [0.4, 0.5) is 10.5 Å². The standard InChI is InChI=1S/C15H23N3O/c1-11(16)13-6-8-14(9-7-13)18-15(19)17-10-12-4-2-3-5-12/h6-9,11-12H,2-5,10,16H2,1H3,(H2,17,18,19). The van der Waals surface area contributed by atoms with Crippen molar-refractivity contribution in [3.05, 3.63) is 29.8 Å². The van der Waals surface area contributed by atoms with Crippen LogP contribution in [0.5, 0.6) is 0 Å². The van der Waals surface area contributed by atoms with E-state index in [1.54, 1.807) is 0 Å². The second-order valence-corrected chi connectivity index (χ2v) is 5.40. The van der Waals surface area contributed by atoms with Gasteiger partial charge in [-0.3, -0.25) is 0 Å². The second-order valence-electron chi connectivity index (χ2n) is 5.40. The Morgan fingerprint density at radius 1 is 1.32 bits per heavy atom. The number of benzene rings is 1. The Morgan fingerprint density at radius 3 is 2.53 bits per heavy atom. The van der Waals surface area contributed by atoms with Gasteiger partial charge in [-0.15, -0.1) is 0 Å². The summed E-state index contributed by atoms with van der Waals surface area (Å²) in [4.78, 5) is 11.7. The van der Waals surface area contributed by atoms with Crippen LogP contribution in [0.2, 0.25) is 0 Å². The molecular formula is C15H23N3O. The average Bonchev–Trinajstić information content (AvgIpc) is 2.90. The molecule has 1 unspecified atom stereocenters. The van der Waals surface area contributed by atoms with Crippen LogP contribution < -0.4 is 16.4 Å². The van der Waals surface area contributed by atoms with Crippen LogP contribution in [0.1, 0.15) is 44.2 Å². The zero-order valence-electron chi connectivity index (χ0n) is 11.5. The molecular weight excluding hydrogens is 238 g/mol. The molecule has 0 aromatic heterocycles. The first-order chi connectivity index (χ1) is 9.15. The van der Waals surface area contributed by atoms with E-state index in [4.69, 9.17) is 5.73 Å². The third-order valence-electron chi connectivity index (χ3n) is 3.72. The van der Waals surface area contributed by atoms with Crippen LogP contribution in [-0.2, 0) is 0 Å². The van der Waals surface area contributed by atoms with Crippen molar-refractivity contribution >= 4 is 11.7 Å². The topological polar surface area (TPSA) is 67.1 Å². The molecule has 104 valence electrons. The van der Waals surface area contributed by atoms with E-state index >= 15 is 0 Å². The van der Waals surface area contributed by atoms with Crippen LogP contribution in [0, 0.1) is 5.92 Å². The number of hydrogen-bond acceptors (Lipinski definition) is 2. The lowest BCUT2D eigenvalue weighted by atomic mass is 10.1. The van der Waals surface area contributed by atoms with E-state index in [0.29, 0.717) is 5.92 Å². The molecule has 1 saturated carbocycles. The van der Waals surface area contributed by atoms with Gasteiger partial charge in [0.05, 0.1) is 0 Å². The lowest BCUT2D eigenvalue weighted by Crippen LogP contribution is -2.32. The fraction of sp³-hybridized carbons (Fsp3) is 0.533. The molecule has 19 heavy (non-hydrogen) atoms. The van der Waals surface area contributed by atoms with Crippen molar-refractivity contribution in [3.63, 3.8) is 0 Å². The van der Waals surface area contributed by atoms with Crippen molar-refractivity contribution in [2.24, 2.45) is 11.7 Å². The zero-order valence-corrected chi connectivity index (χ0v) is 11.5. The number of urea groups is 1. The van der Waals surface area contributed by atoms with E-state index in [0.717, 1.165) is 17.8 Å². The molecule has 0 bridgehead atoms. The number of hydrogen-bond donors (Lipinski definition) is 3. The van der Waals surface area contributed by atoms with Gasteiger partial charge in [0.1, 0.15) is 0 Å². The van der Waals surface area contributed by atoms with Crippen molar-refractivity contribution < 1.29 is 4.79 Å². The van der Waals surface area contributed by atoms with E-state index in [1.165, 1.54) is 25.7 Å². The molecule has 1 atom stereocenters. The van der Waals surface area contributed by atoms with E-state index in [9.17, 15) is 4.79 Å². The summed E-state index contributed by atoms with van der Waals surface area (Å²) in [6.07, 6.45) is 5.08. The Hall–Kier alpha value is -1.55. The van der Waals surface area contributed by atoms with Gasteiger partial charge in [-0.1, -0.05) is 25.0 Å². The predicted molar refractivity (Wildman–Crippen MR) is 78.0 cm³/mol. The number of amides is 2. The van der Waals surface area contributed by atoms with Gasteiger partial charge < -0.3 is 16.4 Å². The predicted octanol–water partition coefficient (Wildman–Crippen LogP) is 3.02. The number of nitrogens with one attached hydrogen (secondary N) is 2. The van der Waals surface area contributed by atoms with E-state index < -0.39 is 0 Å². The van der Waals surface area contributed by atoms with Crippen molar-refractivity contribution in [2.75, 3.05) is 11.9 Å². The van der Waals surface area contributed by atoms with Crippen LogP contribution in [0.25, 0.3) is 0 Å². The molecule has 0 aliphatic heterocycles. The number of anilines is 1. The van der Waals surface area contributed by atoms with Gasteiger partial charge >= 0.3 is 6.03 Å². The molecule has 4 nitrogen and oxygen atoms in total. The van der Waals surface area contributed by atoms with Gasteiger partial charge in [-0.2, -0.15) is 0 Å². The second kappa shape index (κ2) is 6.57. The highest BCUT2D eigenvalue weighted by atomic mass is 16.2. The van der Waals surface area contributed by atoms with Crippen molar-refractivity contribution in [1.82, 2.24) is 5.32 Å². The molecule has 0 saturated heterocycles. The summed E-state index contributed by atoms with van der Waals surface area (Å²) >= 11 is 0. The van der Waals surface area contributed by atoms with E-state index in [-0.39, 0.29) is 12.1 Å². The first-order valence-corrected chi connectivity index (χ1v) is 7.05. The molecule has 1 aromatic rings. The minimum atomic E-state index is -0.125. The van der Waals surface area contributed by atoms with Gasteiger partial charge in [-0.25, -0.2) is 4.79 Å². The third-order valence-corrected chi connectivity index (χ3v) is 3.72. The molecule has 1 aromatic carbocycles. The molecule has 4 N–H and O–H groups in total. The third kappa shape index (κ3) is 4.24. The quantitative estimate of drug-likeness (QED) is 0.780. The van der Waals surface area contributed by atoms with Crippen LogP contribution in [-0.4, -0.2) is 12.6 Å². The molecule has 0 heterocycles. The highest BCUT2D eigenvalue weighted by Crippen LogP contribution is 2.23. The Bertz CT molecular complexity index is 408. The largest absolute Gasteiger partial charge is 0.338 e. The van der Waals surface area contributed by atoms with E-state index in [2.05, 4.69) is 10.6 Å². The Kier molecular flexibility index (Phi) is 4.80. The summed E-state index contributed by atoms with van der Waals surface area (Å²) in [6.45, 7) is 2.72. The van der Waals surface area contributed by atoms with Crippen LogP contribution in [0.3, 0.4) is 0 Å². The Labute approximate surface area is 114 Å². The summed E-state index contributed by atoms with van der Waals surface area (Å²) < 4.78 is 0. The maximum Gasteiger partial charge on any atom is 0.319 e. The van der Waals surface area contributed by atoms with Crippen molar-refractivity contribution in [2.45, 2.75) is 38.6 Å². The number of rotatable bonds is 4. The summed E-state index contributed by atoms with van der Waals surface area (Å²) in [5.74, 6) is 0.659. The Morgan fingerprint density at radius 2 is 1.95 bits per heavy atom. The maximum atomic E-state index is 11.7. The smallest absolute Gasteiger partial charge is 0.319 e. The van der Waals surface area contributed by atoms with Crippen LogP contribution >= 0.6 is 0 Å². The minimum Gasteiger partial charge on any atom is -0.338 e. The summed E-state index contributed by atoms with van der Waals surface area (Å²) in [6, 6.07) is 7.54. The first-order valence-electron chi connectivity index (χ1n) is 7.05. The van der Waals surface area contributed by atoms with Gasteiger partial charge in [0.15, 0.2) is 0 Å². The summed E-state index contributed by atoms with van der Waals surface area (Å²) in [5, 5.41) is 5.78. The summed E-state index contributed by atoms with van der Waals surface area (Å²) in [5.41, 5.74) is 7.65. The van der Waals surface area contributed by atoms with Gasteiger partial charge in [0, 0.05) is 18.3 Å². The lowest BCUT2D eigenvalue weighted by molar-refractivity contribution is 0.250.